The van der Waals surface area contributed by atoms with E-state index in [1.165, 1.54) is 0 Å². The molecule has 0 amide bonds. The third kappa shape index (κ3) is 3.05. The van der Waals surface area contributed by atoms with E-state index in [1.54, 1.807) is 24.4 Å². The average molecular weight is 246 g/mol. The Morgan fingerprint density at radius 3 is 2.72 bits per heavy atom. The second-order valence-corrected chi connectivity index (χ2v) is 3.78. The zero-order valence-corrected chi connectivity index (χ0v) is 10.2. The van der Waals surface area contributed by atoms with Gasteiger partial charge in [0.25, 0.3) is 5.88 Å². The van der Waals surface area contributed by atoms with Gasteiger partial charge in [-0.15, -0.1) is 0 Å². The van der Waals surface area contributed by atoms with Crippen LogP contribution in [0.1, 0.15) is 12.5 Å². The highest BCUT2D eigenvalue weighted by Crippen LogP contribution is 2.23. The number of aromatic nitrogens is 1. The number of nitrogens with zero attached hydrogens (tertiary/aromatic N) is 1. The predicted octanol–water partition coefficient (Wildman–Crippen LogP) is 3.12. The van der Waals surface area contributed by atoms with E-state index in [-0.39, 0.29) is 5.88 Å². The number of para-hydroxylation sites is 1. The number of benzene rings is 1. The van der Waals surface area contributed by atoms with Gasteiger partial charge in [0.15, 0.2) is 5.82 Å². The van der Waals surface area contributed by atoms with Gasteiger partial charge in [-0.1, -0.05) is 25.1 Å². The first kappa shape index (κ1) is 12.5. The highest BCUT2D eigenvalue weighted by atomic mass is 19.1. The highest BCUT2D eigenvalue weighted by molar-refractivity contribution is 5.30. The van der Waals surface area contributed by atoms with Crippen LogP contribution in [0.5, 0.6) is 11.6 Å². The van der Waals surface area contributed by atoms with Gasteiger partial charge >= 0.3 is 0 Å². The number of rotatable bonds is 5. The van der Waals surface area contributed by atoms with Crippen molar-refractivity contribution in [3.8, 4) is 11.6 Å². The van der Waals surface area contributed by atoms with Gasteiger partial charge in [-0.2, -0.15) is 0 Å². The summed E-state index contributed by atoms with van der Waals surface area (Å²) >= 11 is 0. The Labute approximate surface area is 106 Å². The Kier molecular flexibility index (Phi) is 4.25. The fraction of sp³-hybridized carbons (Fsp3) is 0.214. The SMILES string of the molecule is CCNCc1ccnc(Oc2ccccc2)c1F. The van der Waals surface area contributed by atoms with Crippen molar-refractivity contribution >= 4 is 0 Å². The molecule has 0 spiro atoms. The summed E-state index contributed by atoms with van der Waals surface area (Å²) in [6.45, 7) is 3.23. The molecule has 0 aliphatic heterocycles. The van der Waals surface area contributed by atoms with Crippen LogP contribution in [0.25, 0.3) is 0 Å². The van der Waals surface area contributed by atoms with E-state index in [9.17, 15) is 4.39 Å². The van der Waals surface area contributed by atoms with Crippen LogP contribution in [0.15, 0.2) is 42.6 Å². The maximum atomic E-state index is 14.1. The van der Waals surface area contributed by atoms with E-state index in [0.717, 1.165) is 6.54 Å². The summed E-state index contributed by atoms with van der Waals surface area (Å²) in [5, 5.41) is 3.07. The number of halogens is 1. The lowest BCUT2D eigenvalue weighted by molar-refractivity contribution is 0.417. The van der Waals surface area contributed by atoms with Crippen molar-refractivity contribution in [2.24, 2.45) is 0 Å². The molecule has 0 aliphatic rings. The van der Waals surface area contributed by atoms with Crippen LogP contribution in [0, 0.1) is 5.82 Å². The summed E-state index contributed by atoms with van der Waals surface area (Å²) in [6.07, 6.45) is 1.55. The molecule has 1 aromatic carbocycles. The van der Waals surface area contributed by atoms with E-state index < -0.39 is 5.82 Å². The monoisotopic (exact) mass is 246 g/mol. The molecule has 2 aromatic rings. The minimum atomic E-state index is -0.415. The molecule has 0 atom stereocenters. The normalized spacial score (nSPS) is 10.3. The van der Waals surface area contributed by atoms with E-state index in [0.29, 0.717) is 17.9 Å². The summed E-state index contributed by atoms with van der Waals surface area (Å²) in [6, 6.07) is 10.7. The molecule has 1 aromatic heterocycles. The van der Waals surface area contributed by atoms with Gasteiger partial charge in [0, 0.05) is 18.3 Å². The first-order valence-electron chi connectivity index (χ1n) is 5.88. The molecule has 0 saturated heterocycles. The van der Waals surface area contributed by atoms with Crippen LogP contribution in [0.4, 0.5) is 4.39 Å². The number of hydrogen-bond donors (Lipinski definition) is 1. The Bertz CT molecular complexity index is 502. The highest BCUT2D eigenvalue weighted by Gasteiger charge is 2.10. The fourth-order valence-corrected chi connectivity index (χ4v) is 1.53. The maximum Gasteiger partial charge on any atom is 0.256 e. The van der Waals surface area contributed by atoms with Gasteiger partial charge in [-0.25, -0.2) is 9.37 Å². The summed E-state index contributed by atoms with van der Waals surface area (Å²) in [5.74, 6) is 0.170. The zero-order chi connectivity index (χ0) is 12.8. The van der Waals surface area contributed by atoms with Gasteiger partial charge < -0.3 is 10.1 Å². The number of nitrogens with one attached hydrogen (secondary N) is 1. The molecule has 0 bridgehead atoms. The molecule has 1 N–H and O–H groups in total. The number of ether oxygens (including phenoxy) is 1. The second-order valence-electron chi connectivity index (χ2n) is 3.78. The molecular formula is C14H15FN2O. The molecule has 4 heteroatoms. The molecule has 3 nitrogen and oxygen atoms in total. The lowest BCUT2D eigenvalue weighted by atomic mass is 10.2. The van der Waals surface area contributed by atoms with Gasteiger partial charge in [0.05, 0.1) is 0 Å². The molecule has 0 unspecified atom stereocenters. The quantitative estimate of drug-likeness (QED) is 0.880. The summed E-state index contributed by atoms with van der Waals surface area (Å²) in [4.78, 5) is 3.92. The third-order valence-corrected chi connectivity index (χ3v) is 2.46. The van der Waals surface area contributed by atoms with Crippen molar-refractivity contribution in [2.45, 2.75) is 13.5 Å². The number of hydrogen-bond acceptors (Lipinski definition) is 3. The summed E-state index contributed by atoms with van der Waals surface area (Å²) < 4.78 is 19.5. The van der Waals surface area contributed by atoms with Crippen LogP contribution in [0.2, 0.25) is 0 Å². The lowest BCUT2D eigenvalue weighted by Crippen LogP contribution is -2.13. The van der Waals surface area contributed by atoms with Crippen molar-refractivity contribution in [3.05, 3.63) is 54.0 Å². The molecule has 0 radical (unpaired) electrons. The van der Waals surface area contributed by atoms with Crippen molar-refractivity contribution in [1.82, 2.24) is 10.3 Å². The number of pyridine rings is 1. The molecule has 2 rings (SSSR count). The minimum Gasteiger partial charge on any atom is -0.436 e. The maximum absolute atomic E-state index is 14.1. The molecule has 94 valence electrons. The first-order chi connectivity index (χ1) is 8.81. The van der Waals surface area contributed by atoms with E-state index >= 15 is 0 Å². The summed E-state index contributed by atoms with van der Waals surface area (Å²) in [7, 11) is 0. The van der Waals surface area contributed by atoms with E-state index in [1.807, 2.05) is 25.1 Å². The predicted molar refractivity (Wildman–Crippen MR) is 68.1 cm³/mol. The van der Waals surface area contributed by atoms with Crippen LogP contribution >= 0.6 is 0 Å². The molecule has 0 fully saturated rings. The van der Waals surface area contributed by atoms with Gasteiger partial charge in [-0.3, -0.25) is 0 Å². The standard InChI is InChI=1S/C14H15FN2O/c1-2-16-10-11-8-9-17-14(13(11)15)18-12-6-4-3-5-7-12/h3-9,16H,2,10H2,1H3. The smallest absolute Gasteiger partial charge is 0.256 e. The molecule has 0 saturated carbocycles. The molecule has 18 heavy (non-hydrogen) atoms. The Morgan fingerprint density at radius 1 is 1.22 bits per heavy atom. The largest absolute Gasteiger partial charge is 0.436 e. The third-order valence-electron chi connectivity index (χ3n) is 2.46. The minimum absolute atomic E-state index is 0.0107. The van der Waals surface area contributed by atoms with Crippen molar-refractivity contribution in [3.63, 3.8) is 0 Å². The van der Waals surface area contributed by atoms with Crippen molar-refractivity contribution in [2.75, 3.05) is 6.54 Å². The zero-order valence-electron chi connectivity index (χ0n) is 10.2. The topological polar surface area (TPSA) is 34.2 Å². The molecular weight excluding hydrogens is 231 g/mol. The van der Waals surface area contributed by atoms with Crippen molar-refractivity contribution < 1.29 is 9.13 Å². The summed E-state index contributed by atoms with van der Waals surface area (Å²) in [5.41, 5.74) is 0.554. The Hall–Kier alpha value is -1.94. The van der Waals surface area contributed by atoms with Gasteiger partial charge in [-0.05, 0) is 24.7 Å². The van der Waals surface area contributed by atoms with E-state index in [2.05, 4.69) is 10.3 Å². The van der Waals surface area contributed by atoms with E-state index in [4.69, 9.17) is 4.74 Å². The van der Waals surface area contributed by atoms with Gasteiger partial charge in [0.1, 0.15) is 5.75 Å². The van der Waals surface area contributed by atoms with Crippen molar-refractivity contribution in [1.29, 1.82) is 0 Å². The Morgan fingerprint density at radius 2 is 2.00 bits per heavy atom. The van der Waals surface area contributed by atoms with Gasteiger partial charge in [0.2, 0.25) is 0 Å². The Balaban J connectivity index is 2.18. The van der Waals surface area contributed by atoms with Crippen LogP contribution in [-0.2, 0) is 6.54 Å². The molecule has 1 heterocycles. The lowest BCUT2D eigenvalue weighted by Gasteiger charge is -2.08. The average Bonchev–Trinajstić information content (AvgIpc) is 2.41. The second kappa shape index (κ2) is 6.12. The fourth-order valence-electron chi connectivity index (χ4n) is 1.53. The van der Waals surface area contributed by atoms with Crippen LogP contribution in [0.3, 0.4) is 0 Å². The molecule has 0 aliphatic carbocycles. The van der Waals surface area contributed by atoms with Crippen LogP contribution in [-0.4, -0.2) is 11.5 Å². The first-order valence-corrected chi connectivity index (χ1v) is 5.88. The van der Waals surface area contributed by atoms with Crippen LogP contribution < -0.4 is 10.1 Å².